The second kappa shape index (κ2) is 8.69. The van der Waals surface area contributed by atoms with E-state index in [2.05, 4.69) is 27.7 Å². The molecule has 0 aromatic carbocycles. The van der Waals surface area contributed by atoms with Crippen molar-refractivity contribution in [2.45, 2.75) is 45.4 Å². The quantitative estimate of drug-likeness (QED) is 0.647. The summed E-state index contributed by atoms with van der Waals surface area (Å²) in [6, 6.07) is 4.39. The van der Waals surface area contributed by atoms with Gasteiger partial charge in [0, 0.05) is 50.8 Å². The Kier molecular flexibility index (Phi) is 6.04. The molecule has 0 radical (unpaired) electrons. The van der Waals surface area contributed by atoms with E-state index in [1.807, 2.05) is 0 Å². The van der Waals surface area contributed by atoms with Crippen molar-refractivity contribution >= 4 is 17.7 Å². The van der Waals surface area contributed by atoms with Gasteiger partial charge in [0.15, 0.2) is 0 Å². The minimum absolute atomic E-state index is 0.0872. The van der Waals surface area contributed by atoms with E-state index in [9.17, 15) is 9.59 Å². The molecule has 2 fully saturated rings. The third-order valence-corrected chi connectivity index (χ3v) is 6.42. The van der Waals surface area contributed by atoms with Crippen LogP contribution in [-0.2, 0) is 27.2 Å². The Morgan fingerprint density at radius 1 is 1.34 bits per heavy atom. The van der Waals surface area contributed by atoms with E-state index in [-0.39, 0.29) is 24.2 Å². The van der Waals surface area contributed by atoms with Crippen LogP contribution in [0.25, 0.3) is 0 Å². The Bertz CT molecular complexity index is 752. The number of aromatic nitrogens is 1. The maximum absolute atomic E-state index is 12.2. The molecule has 1 aromatic rings. The summed E-state index contributed by atoms with van der Waals surface area (Å²) in [5.41, 5.74) is 2.84. The Balaban J connectivity index is 1.12. The summed E-state index contributed by atoms with van der Waals surface area (Å²) in [6.07, 6.45) is 5.47. The van der Waals surface area contributed by atoms with Crippen LogP contribution in [0.4, 0.5) is 5.82 Å². The molecule has 2 aliphatic heterocycles. The number of fused-ring (bicyclic) bond motifs is 1. The number of hydrogen-bond acceptors (Lipinski definition) is 6. The van der Waals surface area contributed by atoms with Crippen LogP contribution in [0.3, 0.4) is 0 Å². The number of rotatable bonds is 8. The van der Waals surface area contributed by atoms with Gasteiger partial charge in [0.25, 0.3) is 0 Å². The smallest absolute Gasteiger partial charge is 0.307 e. The Morgan fingerprint density at radius 3 is 2.97 bits per heavy atom. The number of amides is 1. The number of nitrogens with one attached hydrogen (secondary N) is 2. The number of esters is 1. The molecule has 0 atom stereocenters. The molecule has 3 aliphatic rings. The van der Waals surface area contributed by atoms with Gasteiger partial charge in [-0.15, -0.1) is 0 Å². The van der Waals surface area contributed by atoms with Gasteiger partial charge in [0.1, 0.15) is 5.82 Å². The minimum Gasteiger partial charge on any atom is -0.466 e. The van der Waals surface area contributed by atoms with Crippen molar-refractivity contribution in [2.24, 2.45) is 11.3 Å². The van der Waals surface area contributed by atoms with Crippen LogP contribution in [0.1, 0.15) is 43.9 Å². The maximum atomic E-state index is 12.2. The molecule has 7 nitrogen and oxygen atoms in total. The molecular formula is C22H32N4O3. The van der Waals surface area contributed by atoms with Crippen molar-refractivity contribution < 1.29 is 14.3 Å². The molecule has 158 valence electrons. The largest absolute Gasteiger partial charge is 0.466 e. The lowest BCUT2D eigenvalue weighted by Gasteiger charge is -2.58. The molecule has 1 saturated heterocycles. The highest BCUT2D eigenvalue weighted by molar-refractivity contribution is 5.80. The lowest BCUT2D eigenvalue weighted by Crippen LogP contribution is -2.64. The van der Waals surface area contributed by atoms with Gasteiger partial charge >= 0.3 is 5.97 Å². The first kappa shape index (κ1) is 20.1. The molecule has 1 aliphatic carbocycles. The first-order valence-corrected chi connectivity index (χ1v) is 11.0. The zero-order valence-electron chi connectivity index (χ0n) is 17.3. The van der Waals surface area contributed by atoms with E-state index in [0.29, 0.717) is 18.6 Å². The fourth-order valence-electron chi connectivity index (χ4n) is 4.94. The lowest BCUT2D eigenvalue weighted by molar-refractivity contribution is -0.145. The summed E-state index contributed by atoms with van der Waals surface area (Å²) >= 11 is 0. The monoisotopic (exact) mass is 400 g/mol. The highest BCUT2D eigenvalue weighted by atomic mass is 16.5. The number of nitrogens with zero attached hydrogens (tertiary/aromatic N) is 2. The third kappa shape index (κ3) is 4.71. The number of hydrogen-bond donors (Lipinski definition) is 2. The van der Waals surface area contributed by atoms with Crippen LogP contribution in [0.2, 0.25) is 0 Å². The van der Waals surface area contributed by atoms with E-state index >= 15 is 0 Å². The van der Waals surface area contributed by atoms with Crippen molar-refractivity contribution in [2.75, 3.05) is 44.6 Å². The molecular weight excluding hydrogens is 368 g/mol. The number of likely N-dealkylation sites (tertiary alicyclic amines) is 1. The minimum atomic E-state index is -0.253. The number of carbonyl (C=O) groups is 2. The van der Waals surface area contributed by atoms with Crippen LogP contribution in [0.5, 0.6) is 0 Å². The second-order valence-corrected chi connectivity index (χ2v) is 8.75. The number of carbonyl (C=O) groups excluding carboxylic acids is 2. The van der Waals surface area contributed by atoms with Crippen molar-refractivity contribution in [3.63, 3.8) is 0 Å². The molecule has 4 rings (SSSR count). The summed E-state index contributed by atoms with van der Waals surface area (Å²) < 4.78 is 4.87. The molecule has 0 bridgehead atoms. The zero-order chi connectivity index (χ0) is 20.3. The second-order valence-electron chi connectivity index (χ2n) is 8.75. The van der Waals surface area contributed by atoms with Crippen molar-refractivity contribution in [3.05, 3.63) is 23.4 Å². The summed E-state index contributed by atoms with van der Waals surface area (Å²) in [5, 5.41) is 6.28. The van der Waals surface area contributed by atoms with Gasteiger partial charge in [0.05, 0.1) is 13.0 Å². The van der Waals surface area contributed by atoms with Crippen LogP contribution >= 0.6 is 0 Å². The zero-order valence-corrected chi connectivity index (χ0v) is 17.3. The molecule has 29 heavy (non-hydrogen) atoms. The van der Waals surface area contributed by atoms with Crippen LogP contribution in [0, 0.1) is 11.3 Å². The highest BCUT2D eigenvalue weighted by Crippen LogP contribution is 2.51. The van der Waals surface area contributed by atoms with E-state index in [1.165, 1.54) is 12.0 Å². The number of anilines is 1. The molecule has 1 amide bonds. The summed E-state index contributed by atoms with van der Waals surface area (Å²) in [4.78, 5) is 30.8. The van der Waals surface area contributed by atoms with Gasteiger partial charge in [-0.25, -0.2) is 4.98 Å². The third-order valence-electron chi connectivity index (χ3n) is 6.42. The molecule has 1 aromatic heterocycles. The SMILES string of the molecule is CCOC(=O)CCNC(=O)C1CC2(C1)CN(CCc1ccc3c(n1)NCCC3)C2. The fraction of sp³-hybridized carbons (Fsp3) is 0.682. The fourth-order valence-corrected chi connectivity index (χ4v) is 4.94. The lowest BCUT2D eigenvalue weighted by atomic mass is 9.57. The van der Waals surface area contributed by atoms with Crippen molar-refractivity contribution in [1.82, 2.24) is 15.2 Å². The summed E-state index contributed by atoms with van der Waals surface area (Å²) in [6.45, 7) is 6.77. The Hall–Kier alpha value is -2.15. The van der Waals surface area contributed by atoms with Crippen molar-refractivity contribution in [3.8, 4) is 0 Å². The number of ether oxygens (including phenoxy) is 1. The average Bonchev–Trinajstić information content (AvgIpc) is 2.65. The van der Waals surface area contributed by atoms with Gasteiger partial charge in [-0.05, 0) is 49.7 Å². The van der Waals surface area contributed by atoms with E-state index in [1.54, 1.807) is 6.92 Å². The topological polar surface area (TPSA) is 83.6 Å². The highest BCUT2D eigenvalue weighted by Gasteiger charge is 2.53. The van der Waals surface area contributed by atoms with Crippen molar-refractivity contribution in [1.29, 1.82) is 0 Å². The van der Waals surface area contributed by atoms with Gasteiger partial charge in [-0.1, -0.05) is 6.07 Å². The molecule has 3 heterocycles. The van der Waals surface area contributed by atoms with Crippen LogP contribution in [0.15, 0.2) is 12.1 Å². The molecule has 1 spiro atoms. The predicted octanol–water partition coefficient (Wildman–Crippen LogP) is 1.76. The molecule has 0 unspecified atom stereocenters. The van der Waals surface area contributed by atoms with Gasteiger partial charge in [0.2, 0.25) is 5.91 Å². The molecule has 2 N–H and O–H groups in total. The standard InChI is InChI=1S/C22H32N4O3/c1-2-29-19(27)7-10-24-21(28)17-12-22(13-17)14-26(15-22)11-8-18-6-5-16-4-3-9-23-20(16)25-18/h5-6,17H,2-4,7-15H2,1H3,(H,23,25)(H,24,28). The summed E-state index contributed by atoms with van der Waals surface area (Å²) in [5.74, 6) is 1.01. The molecule has 7 heteroatoms. The van der Waals surface area contributed by atoms with E-state index < -0.39 is 0 Å². The van der Waals surface area contributed by atoms with Crippen LogP contribution < -0.4 is 10.6 Å². The van der Waals surface area contributed by atoms with Gasteiger partial charge < -0.3 is 20.3 Å². The normalized spacial score (nSPS) is 20.2. The maximum Gasteiger partial charge on any atom is 0.307 e. The molecule has 1 saturated carbocycles. The van der Waals surface area contributed by atoms with Gasteiger partial charge in [-0.3, -0.25) is 9.59 Å². The Labute approximate surface area is 172 Å². The summed E-state index contributed by atoms with van der Waals surface area (Å²) in [7, 11) is 0. The van der Waals surface area contributed by atoms with Crippen LogP contribution in [-0.4, -0.2) is 61.1 Å². The number of pyridine rings is 1. The number of aryl methyl sites for hydroxylation is 1. The van der Waals surface area contributed by atoms with E-state index in [4.69, 9.17) is 9.72 Å². The Morgan fingerprint density at radius 2 is 2.17 bits per heavy atom. The van der Waals surface area contributed by atoms with Gasteiger partial charge in [-0.2, -0.15) is 0 Å². The predicted molar refractivity (Wildman–Crippen MR) is 111 cm³/mol. The average molecular weight is 401 g/mol. The van der Waals surface area contributed by atoms with E-state index in [0.717, 1.165) is 63.4 Å². The first-order valence-electron chi connectivity index (χ1n) is 11.0. The first-order chi connectivity index (χ1) is 14.1.